The smallest absolute Gasteiger partial charge is 0.229 e. The summed E-state index contributed by atoms with van der Waals surface area (Å²) in [7, 11) is 0. The Morgan fingerprint density at radius 1 is 1.35 bits per heavy atom. The number of halogens is 2. The number of anilines is 1. The molecule has 0 radical (unpaired) electrons. The molecule has 1 aliphatic carbocycles. The molecule has 1 heterocycles. The van der Waals surface area contributed by atoms with E-state index >= 15 is 0 Å². The van der Waals surface area contributed by atoms with Crippen LogP contribution in [0.1, 0.15) is 42.5 Å². The molecule has 1 amide bonds. The van der Waals surface area contributed by atoms with Crippen molar-refractivity contribution in [3.63, 3.8) is 0 Å². The van der Waals surface area contributed by atoms with Crippen LogP contribution in [-0.4, -0.2) is 10.9 Å². The van der Waals surface area contributed by atoms with Gasteiger partial charge in [0.15, 0.2) is 5.13 Å². The molecular formula is C17H18BrClN2OS. The second-order valence-electron chi connectivity index (χ2n) is 5.88. The van der Waals surface area contributed by atoms with Gasteiger partial charge in [-0.3, -0.25) is 4.79 Å². The average Bonchev–Trinajstić information content (AvgIpc) is 2.99. The van der Waals surface area contributed by atoms with E-state index in [-0.39, 0.29) is 11.8 Å². The molecule has 1 aliphatic rings. The summed E-state index contributed by atoms with van der Waals surface area (Å²) in [6, 6.07) is 5.94. The molecule has 3 nitrogen and oxygen atoms in total. The summed E-state index contributed by atoms with van der Waals surface area (Å²) in [5, 5.41) is 4.37. The average molecular weight is 414 g/mol. The van der Waals surface area contributed by atoms with Crippen molar-refractivity contribution in [1.29, 1.82) is 0 Å². The summed E-state index contributed by atoms with van der Waals surface area (Å²) in [6.07, 6.45) is 8.17. The van der Waals surface area contributed by atoms with Gasteiger partial charge in [0, 0.05) is 27.9 Å². The zero-order chi connectivity index (χ0) is 16.2. The van der Waals surface area contributed by atoms with Crippen molar-refractivity contribution < 1.29 is 4.79 Å². The second kappa shape index (κ2) is 7.77. The van der Waals surface area contributed by atoms with Gasteiger partial charge < -0.3 is 5.32 Å². The molecule has 1 fully saturated rings. The standard InChI is InChI=1S/C17H18BrClN2OS/c18-14-7-6-11(9-15(14)19)8-13-10-20-17(23-13)21-16(22)12-4-2-1-3-5-12/h6-7,9-10,12H,1-5,8H2,(H,20,21,22). The largest absolute Gasteiger partial charge is 0.302 e. The fourth-order valence-electron chi connectivity index (χ4n) is 2.87. The van der Waals surface area contributed by atoms with Gasteiger partial charge in [0.25, 0.3) is 0 Å². The van der Waals surface area contributed by atoms with Crippen molar-refractivity contribution in [2.75, 3.05) is 5.32 Å². The van der Waals surface area contributed by atoms with E-state index in [4.69, 9.17) is 11.6 Å². The lowest BCUT2D eigenvalue weighted by Crippen LogP contribution is -2.24. The van der Waals surface area contributed by atoms with E-state index in [2.05, 4.69) is 26.2 Å². The molecule has 0 spiro atoms. The van der Waals surface area contributed by atoms with Crippen LogP contribution in [0.2, 0.25) is 5.02 Å². The number of benzene rings is 1. The Morgan fingerprint density at radius 3 is 2.87 bits per heavy atom. The van der Waals surface area contributed by atoms with Crippen LogP contribution < -0.4 is 5.32 Å². The Morgan fingerprint density at radius 2 is 2.13 bits per heavy atom. The maximum absolute atomic E-state index is 12.3. The van der Waals surface area contributed by atoms with Gasteiger partial charge in [-0.1, -0.05) is 36.9 Å². The topological polar surface area (TPSA) is 42.0 Å². The molecule has 6 heteroatoms. The van der Waals surface area contributed by atoms with Crippen LogP contribution in [-0.2, 0) is 11.2 Å². The first kappa shape index (κ1) is 16.9. The molecule has 0 unspecified atom stereocenters. The molecule has 0 bridgehead atoms. The van der Waals surface area contributed by atoms with Gasteiger partial charge in [-0.15, -0.1) is 11.3 Å². The van der Waals surface area contributed by atoms with Crippen molar-refractivity contribution >= 4 is 49.9 Å². The minimum absolute atomic E-state index is 0.122. The maximum Gasteiger partial charge on any atom is 0.229 e. The van der Waals surface area contributed by atoms with Gasteiger partial charge in [-0.05, 0) is 46.5 Å². The molecule has 1 saturated carbocycles. The third-order valence-corrected chi connectivity index (χ3v) is 6.27. The first-order chi connectivity index (χ1) is 11.1. The molecule has 122 valence electrons. The predicted molar refractivity (Wildman–Crippen MR) is 99.3 cm³/mol. The number of nitrogens with one attached hydrogen (secondary N) is 1. The fourth-order valence-corrected chi connectivity index (χ4v) is 4.17. The number of carbonyl (C=O) groups is 1. The molecule has 0 atom stereocenters. The lowest BCUT2D eigenvalue weighted by molar-refractivity contribution is -0.120. The zero-order valence-corrected chi connectivity index (χ0v) is 15.8. The summed E-state index contributed by atoms with van der Waals surface area (Å²) >= 11 is 11.1. The molecule has 0 saturated heterocycles. The summed E-state index contributed by atoms with van der Waals surface area (Å²) in [6.45, 7) is 0. The van der Waals surface area contributed by atoms with Crippen molar-refractivity contribution in [1.82, 2.24) is 4.98 Å². The summed E-state index contributed by atoms with van der Waals surface area (Å²) in [5.41, 5.74) is 1.13. The van der Waals surface area contributed by atoms with Crippen molar-refractivity contribution in [3.05, 3.63) is 44.3 Å². The number of hydrogen-bond acceptors (Lipinski definition) is 3. The lowest BCUT2D eigenvalue weighted by atomic mass is 9.89. The number of rotatable bonds is 4. The van der Waals surface area contributed by atoms with Gasteiger partial charge >= 0.3 is 0 Å². The van der Waals surface area contributed by atoms with Gasteiger partial charge in [0.2, 0.25) is 5.91 Å². The van der Waals surface area contributed by atoms with E-state index in [1.807, 2.05) is 24.4 Å². The quantitative estimate of drug-likeness (QED) is 0.701. The van der Waals surface area contributed by atoms with Crippen LogP contribution in [0.5, 0.6) is 0 Å². The number of hydrogen-bond donors (Lipinski definition) is 1. The molecule has 1 N–H and O–H groups in total. The lowest BCUT2D eigenvalue weighted by Gasteiger charge is -2.19. The Bertz CT molecular complexity index is 698. The highest BCUT2D eigenvalue weighted by Crippen LogP contribution is 2.28. The molecule has 0 aliphatic heterocycles. The summed E-state index contributed by atoms with van der Waals surface area (Å²) in [4.78, 5) is 17.7. The van der Waals surface area contributed by atoms with E-state index in [9.17, 15) is 4.79 Å². The van der Waals surface area contributed by atoms with Gasteiger partial charge in [0.05, 0.1) is 5.02 Å². The minimum atomic E-state index is 0.122. The summed E-state index contributed by atoms with van der Waals surface area (Å²) < 4.78 is 0.896. The zero-order valence-electron chi connectivity index (χ0n) is 12.6. The molecular weight excluding hydrogens is 396 g/mol. The van der Waals surface area contributed by atoms with Crippen molar-refractivity contribution in [2.45, 2.75) is 38.5 Å². The number of carbonyl (C=O) groups excluding carboxylic acids is 1. The second-order valence-corrected chi connectivity index (χ2v) is 8.26. The molecule has 23 heavy (non-hydrogen) atoms. The highest BCUT2D eigenvalue weighted by Gasteiger charge is 2.21. The van der Waals surface area contributed by atoms with E-state index in [0.29, 0.717) is 10.2 Å². The number of nitrogens with zero attached hydrogens (tertiary/aromatic N) is 1. The third kappa shape index (κ3) is 4.55. The fraction of sp³-hybridized carbons (Fsp3) is 0.412. The summed E-state index contributed by atoms with van der Waals surface area (Å²) in [5.74, 6) is 0.277. The maximum atomic E-state index is 12.3. The van der Waals surface area contributed by atoms with Crippen molar-refractivity contribution in [3.8, 4) is 0 Å². The SMILES string of the molecule is O=C(Nc1ncc(Cc2ccc(Br)c(Cl)c2)s1)C1CCCCC1. The Hall–Kier alpha value is -0.910. The van der Waals surface area contributed by atoms with Crippen LogP contribution in [0, 0.1) is 5.92 Å². The molecule has 1 aromatic carbocycles. The third-order valence-electron chi connectivity index (χ3n) is 4.12. The van der Waals surface area contributed by atoms with Crippen LogP contribution in [0.15, 0.2) is 28.9 Å². The predicted octanol–water partition coefficient (Wildman–Crippen LogP) is 5.67. The van der Waals surface area contributed by atoms with E-state index in [1.165, 1.54) is 17.8 Å². The Balaban J connectivity index is 1.61. The van der Waals surface area contributed by atoms with Crippen LogP contribution in [0.3, 0.4) is 0 Å². The Kier molecular flexibility index (Phi) is 5.72. The van der Waals surface area contributed by atoms with E-state index < -0.39 is 0 Å². The van der Waals surface area contributed by atoms with Gasteiger partial charge in [0.1, 0.15) is 0 Å². The number of thiazole rings is 1. The first-order valence-corrected chi connectivity index (χ1v) is 9.80. The first-order valence-electron chi connectivity index (χ1n) is 7.81. The van der Waals surface area contributed by atoms with Crippen LogP contribution in [0.4, 0.5) is 5.13 Å². The van der Waals surface area contributed by atoms with Crippen LogP contribution in [0.25, 0.3) is 0 Å². The normalized spacial score (nSPS) is 15.6. The molecule has 1 aromatic heterocycles. The monoisotopic (exact) mass is 412 g/mol. The number of amides is 1. The van der Waals surface area contributed by atoms with Crippen LogP contribution >= 0.6 is 38.9 Å². The minimum Gasteiger partial charge on any atom is -0.302 e. The highest BCUT2D eigenvalue weighted by molar-refractivity contribution is 9.10. The highest BCUT2D eigenvalue weighted by atomic mass is 79.9. The van der Waals surface area contributed by atoms with Gasteiger partial charge in [-0.2, -0.15) is 0 Å². The molecule has 3 rings (SSSR count). The van der Waals surface area contributed by atoms with Crippen molar-refractivity contribution in [2.24, 2.45) is 5.92 Å². The Labute approximate surface area is 153 Å². The molecule has 2 aromatic rings. The van der Waals surface area contributed by atoms with E-state index in [0.717, 1.165) is 47.0 Å². The number of aromatic nitrogens is 1. The van der Waals surface area contributed by atoms with E-state index in [1.54, 1.807) is 0 Å². The van der Waals surface area contributed by atoms with Gasteiger partial charge in [-0.25, -0.2) is 4.98 Å².